The van der Waals surface area contributed by atoms with E-state index in [1.807, 2.05) is 62.4 Å². The number of fused-ring (bicyclic) bond motifs is 1. The minimum Gasteiger partial charge on any atom is -0.293 e. The Hall–Kier alpha value is -2.64. The summed E-state index contributed by atoms with van der Waals surface area (Å²) < 4.78 is 0. The lowest BCUT2D eigenvalue weighted by Crippen LogP contribution is -2.03. The van der Waals surface area contributed by atoms with Gasteiger partial charge in [-0.2, -0.15) is 5.26 Å². The van der Waals surface area contributed by atoms with Crippen LogP contribution in [0.15, 0.2) is 53.6 Å². The van der Waals surface area contributed by atoms with Gasteiger partial charge in [0.25, 0.3) is 0 Å². The quantitative estimate of drug-likeness (QED) is 0.513. The van der Waals surface area contributed by atoms with E-state index >= 15 is 0 Å². The minimum atomic E-state index is 0.0368. The van der Waals surface area contributed by atoms with Crippen LogP contribution in [0.3, 0.4) is 0 Å². The van der Waals surface area contributed by atoms with E-state index in [0.29, 0.717) is 16.2 Å². The van der Waals surface area contributed by atoms with E-state index in [2.05, 4.69) is 11.1 Å². The van der Waals surface area contributed by atoms with E-state index in [-0.39, 0.29) is 11.5 Å². The summed E-state index contributed by atoms with van der Waals surface area (Å²) in [5, 5.41) is 10.9. The number of benzene rings is 2. The normalized spacial score (nSPS) is 10.5. The Morgan fingerprint density at radius 2 is 1.79 bits per heavy atom. The summed E-state index contributed by atoms with van der Waals surface area (Å²) in [6.45, 7) is 4.00. The number of aryl methyl sites for hydroxylation is 2. The van der Waals surface area contributed by atoms with Gasteiger partial charge in [0.05, 0.1) is 16.8 Å². The van der Waals surface area contributed by atoms with Crippen LogP contribution in [0.1, 0.15) is 27.0 Å². The minimum absolute atomic E-state index is 0.0368. The van der Waals surface area contributed by atoms with Crippen molar-refractivity contribution in [2.24, 2.45) is 0 Å². The average Bonchev–Trinajstić information content (AvgIpc) is 2.59. The van der Waals surface area contributed by atoms with Crippen LogP contribution in [-0.2, 0) is 0 Å². The van der Waals surface area contributed by atoms with Gasteiger partial charge in [-0.1, -0.05) is 53.2 Å². The summed E-state index contributed by atoms with van der Waals surface area (Å²) in [6.07, 6.45) is 0. The fourth-order valence-electron chi connectivity index (χ4n) is 2.43. The predicted octanol–water partition coefficient (Wildman–Crippen LogP) is 4.70. The molecule has 0 radical (unpaired) electrons. The lowest BCUT2D eigenvalue weighted by atomic mass is 10.1. The molecule has 0 bridgehead atoms. The molecule has 0 spiro atoms. The molecule has 0 unspecified atom stereocenters. The van der Waals surface area contributed by atoms with E-state index in [1.54, 1.807) is 0 Å². The molecule has 1 heterocycles. The summed E-state index contributed by atoms with van der Waals surface area (Å²) in [5.74, 6) is 0.303. The van der Waals surface area contributed by atoms with E-state index in [1.165, 1.54) is 11.8 Å². The fourth-order valence-corrected chi connectivity index (χ4v) is 3.28. The largest absolute Gasteiger partial charge is 0.293 e. The maximum absolute atomic E-state index is 12.3. The first-order chi connectivity index (χ1) is 11.6. The predicted molar refractivity (Wildman–Crippen MR) is 97.4 cm³/mol. The number of hydrogen-bond acceptors (Lipinski definition) is 4. The summed E-state index contributed by atoms with van der Waals surface area (Å²) in [7, 11) is 0. The number of nitriles is 1. The van der Waals surface area contributed by atoms with Gasteiger partial charge < -0.3 is 0 Å². The second-order valence-corrected chi connectivity index (χ2v) is 6.69. The monoisotopic (exact) mass is 332 g/mol. The highest BCUT2D eigenvalue weighted by Crippen LogP contribution is 2.26. The number of rotatable bonds is 4. The first kappa shape index (κ1) is 16.2. The topological polar surface area (TPSA) is 53.8 Å². The molecule has 3 rings (SSSR count). The lowest BCUT2D eigenvalue weighted by molar-refractivity contribution is 0.102. The van der Waals surface area contributed by atoms with Gasteiger partial charge in [-0.25, -0.2) is 4.98 Å². The highest BCUT2D eigenvalue weighted by atomic mass is 32.2. The SMILES string of the molecule is Cc1ccc(C(=O)CSc2nc3ccc(C)cc3cc2C#N)cc1. The Labute approximate surface area is 145 Å². The summed E-state index contributed by atoms with van der Waals surface area (Å²) in [4.78, 5) is 16.9. The zero-order chi connectivity index (χ0) is 17.1. The molecule has 2 aromatic carbocycles. The molecular formula is C20H16N2OS. The molecule has 0 aliphatic heterocycles. The maximum Gasteiger partial charge on any atom is 0.173 e. The Kier molecular flexibility index (Phi) is 4.64. The summed E-state index contributed by atoms with van der Waals surface area (Å²) in [6, 6.07) is 17.5. The number of ketones is 1. The van der Waals surface area contributed by atoms with Crippen molar-refractivity contribution in [1.82, 2.24) is 4.98 Å². The van der Waals surface area contributed by atoms with Crippen molar-refractivity contribution < 1.29 is 4.79 Å². The zero-order valence-electron chi connectivity index (χ0n) is 13.5. The summed E-state index contributed by atoms with van der Waals surface area (Å²) >= 11 is 1.31. The molecule has 0 aliphatic carbocycles. The van der Waals surface area contributed by atoms with Crippen molar-refractivity contribution in [3.63, 3.8) is 0 Å². The second kappa shape index (κ2) is 6.86. The molecule has 0 N–H and O–H groups in total. The van der Waals surface area contributed by atoms with E-state index in [9.17, 15) is 10.1 Å². The number of thioether (sulfide) groups is 1. The number of hydrogen-bond donors (Lipinski definition) is 0. The van der Waals surface area contributed by atoms with Gasteiger partial charge in [-0.3, -0.25) is 4.79 Å². The molecule has 0 saturated carbocycles. The maximum atomic E-state index is 12.3. The number of aromatic nitrogens is 1. The van der Waals surface area contributed by atoms with Crippen molar-refractivity contribution in [3.8, 4) is 6.07 Å². The van der Waals surface area contributed by atoms with Crippen LogP contribution in [0, 0.1) is 25.2 Å². The Bertz CT molecular complexity index is 956. The molecule has 0 saturated heterocycles. The Balaban J connectivity index is 1.84. The zero-order valence-corrected chi connectivity index (χ0v) is 14.4. The van der Waals surface area contributed by atoms with Crippen molar-refractivity contribution in [2.75, 3.05) is 5.75 Å². The first-order valence-corrected chi connectivity index (χ1v) is 8.59. The third-order valence-electron chi connectivity index (χ3n) is 3.77. The summed E-state index contributed by atoms with van der Waals surface area (Å²) in [5.41, 5.74) is 4.28. The highest BCUT2D eigenvalue weighted by molar-refractivity contribution is 8.00. The number of pyridine rings is 1. The van der Waals surface area contributed by atoms with Gasteiger partial charge in [0.1, 0.15) is 11.1 Å². The van der Waals surface area contributed by atoms with Gasteiger partial charge >= 0.3 is 0 Å². The van der Waals surface area contributed by atoms with Crippen LogP contribution in [-0.4, -0.2) is 16.5 Å². The number of carbonyl (C=O) groups is 1. The van der Waals surface area contributed by atoms with Crippen molar-refractivity contribution in [2.45, 2.75) is 18.9 Å². The van der Waals surface area contributed by atoms with E-state index in [4.69, 9.17) is 0 Å². The smallest absolute Gasteiger partial charge is 0.173 e. The standard InChI is InChI=1S/C20H16N2OS/c1-13-3-6-15(7-4-13)19(23)12-24-20-17(11-21)10-16-9-14(2)5-8-18(16)22-20/h3-10H,12H2,1-2H3. The number of carbonyl (C=O) groups excluding carboxylic acids is 1. The van der Waals surface area contributed by atoms with Gasteiger partial charge in [0.2, 0.25) is 0 Å². The van der Waals surface area contributed by atoms with E-state index in [0.717, 1.165) is 22.0 Å². The van der Waals surface area contributed by atoms with Crippen LogP contribution in [0.2, 0.25) is 0 Å². The van der Waals surface area contributed by atoms with Gasteiger partial charge in [0.15, 0.2) is 5.78 Å². The van der Waals surface area contributed by atoms with Crippen molar-refractivity contribution in [3.05, 3.63) is 70.8 Å². The third kappa shape index (κ3) is 3.47. The second-order valence-electron chi connectivity index (χ2n) is 5.73. The van der Waals surface area contributed by atoms with Crippen LogP contribution in [0.25, 0.3) is 10.9 Å². The molecule has 4 heteroatoms. The van der Waals surface area contributed by atoms with Crippen LogP contribution < -0.4 is 0 Å². The van der Waals surface area contributed by atoms with Gasteiger partial charge in [0, 0.05) is 10.9 Å². The third-order valence-corrected chi connectivity index (χ3v) is 4.76. The lowest BCUT2D eigenvalue weighted by Gasteiger charge is -2.06. The molecule has 0 fully saturated rings. The molecule has 3 aromatic rings. The molecule has 3 nitrogen and oxygen atoms in total. The van der Waals surface area contributed by atoms with Gasteiger partial charge in [-0.15, -0.1) is 0 Å². The van der Waals surface area contributed by atoms with Crippen LogP contribution >= 0.6 is 11.8 Å². The average molecular weight is 332 g/mol. The highest BCUT2D eigenvalue weighted by Gasteiger charge is 2.11. The van der Waals surface area contributed by atoms with Crippen LogP contribution in [0.5, 0.6) is 0 Å². The van der Waals surface area contributed by atoms with E-state index < -0.39 is 0 Å². The molecule has 118 valence electrons. The van der Waals surface area contributed by atoms with Crippen molar-refractivity contribution >= 4 is 28.4 Å². The van der Waals surface area contributed by atoms with Crippen LogP contribution in [0.4, 0.5) is 0 Å². The first-order valence-electron chi connectivity index (χ1n) is 7.61. The number of Topliss-reactive ketones (excluding diaryl/α,β-unsaturated/α-hetero) is 1. The van der Waals surface area contributed by atoms with Crippen molar-refractivity contribution in [1.29, 1.82) is 5.26 Å². The molecular weight excluding hydrogens is 316 g/mol. The molecule has 0 amide bonds. The van der Waals surface area contributed by atoms with Gasteiger partial charge in [-0.05, 0) is 32.0 Å². The Morgan fingerprint density at radius 3 is 2.50 bits per heavy atom. The fraction of sp³-hybridized carbons (Fsp3) is 0.150. The molecule has 0 aliphatic rings. The molecule has 1 aromatic heterocycles. The number of nitrogens with zero attached hydrogens (tertiary/aromatic N) is 2. The Morgan fingerprint density at radius 1 is 1.08 bits per heavy atom. The molecule has 0 atom stereocenters. The molecule has 24 heavy (non-hydrogen) atoms.